The number of nitrogens with zero attached hydrogens (tertiary/aromatic N) is 3. The fraction of sp³-hybridized carbons (Fsp3) is 0.406. The van der Waals surface area contributed by atoms with Crippen molar-refractivity contribution >= 4 is 34.2 Å². The molecule has 0 atom stereocenters. The van der Waals surface area contributed by atoms with Crippen molar-refractivity contribution in [1.29, 1.82) is 0 Å². The lowest BCUT2D eigenvalue weighted by Gasteiger charge is -2.39. The highest BCUT2D eigenvalue weighted by Crippen LogP contribution is 2.46. The summed E-state index contributed by atoms with van der Waals surface area (Å²) in [5.41, 5.74) is 14.5. The molecule has 6 heteroatoms. The number of hydrogen-bond donors (Lipinski definition) is 1. The molecule has 1 aliphatic heterocycles. The van der Waals surface area contributed by atoms with Gasteiger partial charge in [0.1, 0.15) is 0 Å². The van der Waals surface area contributed by atoms with Gasteiger partial charge in [0.2, 0.25) is 5.91 Å². The van der Waals surface area contributed by atoms with Gasteiger partial charge >= 0.3 is 0 Å². The largest absolute Gasteiger partial charge is 0.377 e. The van der Waals surface area contributed by atoms with Gasteiger partial charge in [-0.2, -0.15) is 0 Å². The number of para-hydroxylation sites is 1. The van der Waals surface area contributed by atoms with Crippen LogP contribution in [-0.2, 0) is 0 Å². The third-order valence-corrected chi connectivity index (χ3v) is 9.07. The van der Waals surface area contributed by atoms with Crippen molar-refractivity contribution in [2.75, 3.05) is 56.6 Å². The summed E-state index contributed by atoms with van der Waals surface area (Å²) in [5.74, 6) is -0.374. The second-order valence-electron chi connectivity index (χ2n) is 11.7. The molecule has 0 spiro atoms. The van der Waals surface area contributed by atoms with Gasteiger partial charge in [-0.3, -0.25) is 9.69 Å². The Kier molecular flexibility index (Phi) is 7.64. The predicted molar refractivity (Wildman–Crippen MR) is 162 cm³/mol. The van der Waals surface area contributed by atoms with Gasteiger partial charge < -0.3 is 15.5 Å². The second kappa shape index (κ2) is 11.0. The van der Waals surface area contributed by atoms with E-state index in [2.05, 4.69) is 78.4 Å². The molecule has 2 N–H and O–H groups in total. The Morgan fingerprint density at radius 2 is 1.74 bits per heavy atom. The number of piperazine rings is 1. The lowest BCUT2D eigenvalue weighted by atomic mass is 9.73. The highest BCUT2D eigenvalue weighted by molar-refractivity contribution is 7.11. The smallest absolute Gasteiger partial charge is 0.248 e. The van der Waals surface area contributed by atoms with Crippen LogP contribution in [0.2, 0.25) is 0 Å². The standard InChI is InChI=1S/C32H40N4OS/c1-32(2)14-13-24(21-35-15-17-36(18-16-35)26-11-9-23(10-12-26)31(33)37)28(20-32)30-19-25(22-38-30)27-7-5-6-8-29(27)34(3)4/h5-12,19,22H,13-18,20-21H2,1-4H3,(H2,33,37). The molecule has 38 heavy (non-hydrogen) atoms. The number of benzene rings is 2. The van der Waals surface area contributed by atoms with Gasteiger partial charge in [-0.05, 0) is 77.6 Å². The molecule has 0 radical (unpaired) electrons. The second-order valence-corrected chi connectivity index (χ2v) is 12.6. The number of primary amides is 1. The van der Waals surface area contributed by atoms with E-state index < -0.39 is 0 Å². The first-order valence-corrected chi connectivity index (χ1v) is 14.5. The van der Waals surface area contributed by atoms with Crippen molar-refractivity contribution in [3.8, 4) is 11.1 Å². The molecule has 1 amide bonds. The molecule has 1 aliphatic carbocycles. The molecule has 0 unspecified atom stereocenters. The molecular weight excluding hydrogens is 488 g/mol. The van der Waals surface area contributed by atoms with Gasteiger partial charge in [-0.25, -0.2) is 0 Å². The first kappa shape index (κ1) is 26.5. The number of thiophene rings is 1. The minimum atomic E-state index is -0.374. The maximum absolute atomic E-state index is 11.4. The molecule has 1 fully saturated rings. The van der Waals surface area contributed by atoms with Gasteiger partial charge in [0.15, 0.2) is 0 Å². The monoisotopic (exact) mass is 528 g/mol. The third kappa shape index (κ3) is 5.82. The van der Waals surface area contributed by atoms with E-state index in [1.54, 1.807) is 11.1 Å². The van der Waals surface area contributed by atoms with Gasteiger partial charge in [-0.15, -0.1) is 11.3 Å². The maximum Gasteiger partial charge on any atom is 0.248 e. The van der Waals surface area contributed by atoms with Crippen molar-refractivity contribution in [2.45, 2.75) is 33.1 Å². The molecule has 2 aliphatic rings. The molecule has 2 aromatic carbocycles. The van der Waals surface area contributed by atoms with Crippen molar-refractivity contribution in [2.24, 2.45) is 11.1 Å². The Balaban J connectivity index is 1.33. The van der Waals surface area contributed by atoms with Crippen molar-refractivity contribution in [3.63, 3.8) is 0 Å². The van der Waals surface area contributed by atoms with Crippen molar-refractivity contribution in [3.05, 3.63) is 76.0 Å². The summed E-state index contributed by atoms with van der Waals surface area (Å²) in [6.45, 7) is 9.97. The van der Waals surface area contributed by atoms with Crippen LogP contribution in [0.1, 0.15) is 48.3 Å². The first-order chi connectivity index (χ1) is 18.2. The van der Waals surface area contributed by atoms with Crippen LogP contribution in [0, 0.1) is 5.41 Å². The van der Waals surface area contributed by atoms with E-state index in [1.807, 2.05) is 35.6 Å². The van der Waals surface area contributed by atoms with Crippen LogP contribution < -0.4 is 15.5 Å². The van der Waals surface area contributed by atoms with Gasteiger partial charge in [-0.1, -0.05) is 37.6 Å². The number of rotatable bonds is 7. The van der Waals surface area contributed by atoms with Crippen LogP contribution in [-0.4, -0.2) is 57.6 Å². The molecule has 200 valence electrons. The number of carbonyl (C=O) groups excluding carboxylic acids is 1. The predicted octanol–water partition coefficient (Wildman–Crippen LogP) is 6.37. The Labute approximate surface area is 231 Å². The molecule has 3 aromatic rings. The molecule has 0 bridgehead atoms. The summed E-state index contributed by atoms with van der Waals surface area (Å²) in [7, 11) is 4.23. The fourth-order valence-electron chi connectivity index (χ4n) is 5.78. The van der Waals surface area contributed by atoms with Crippen LogP contribution in [0.3, 0.4) is 0 Å². The SMILES string of the molecule is CN(C)c1ccccc1-c1csc(C2=C(CN3CCN(c4ccc(C(N)=O)cc4)CC3)CCC(C)(C)C2)c1. The molecule has 1 aromatic heterocycles. The Morgan fingerprint density at radius 3 is 2.42 bits per heavy atom. The van der Waals surface area contributed by atoms with Gasteiger partial charge in [0, 0.05) is 74.2 Å². The summed E-state index contributed by atoms with van der Waals surface area (Å²) in [6, 6.07) is 18.8. The summed E-state index contributed by atoms with van der Waals surface area (Å²) in [6.07, 6.45) is 3.57. The quantitative estimate of drug-likeness (QED) is 0.387. The molecule has 5 nitrogen and oxygen atoms in total. The van der Waals surface area contributed by atoms with Crippen molar-refractivity contribution < 1.29 is 4.79 Å². The number of amides is 1. The Morgan fingerprint density at radius 1 is 1.03 bits per heavy atom. The first-order valence-electron chi connectivity index (χ1n) is 13.6. The molecular formula is C32H40N4OS. The van der Waals surface area contributed by atoms with E-state index in [0.29, 0.717) is 11.0 Å². The molecule has 0 saturated carbocycles. The third-order valence-electron chi connectivity index (χ3n) is 8.08. The normalized spacial score (nSPS) is 18.1. The molecule has 2 heterocycles. The minimum Gasteiger partial charge on any atom is -0.377 e. The van der Waals surface area contributed by atoms with Crippen molar-refractivity contribution in [1.82, 2.24) is 4.90 Å². The summed E-state index contributed by atoms with van der Waals surface area (Å²) < 4.78 is 0. The number of nitrogens with two attached hydrogens (primary N) is 1. The van der Waals surface area contributed by atoms with E-state index in [4.69, 9.17) is 5.73 Å². The number of anilines is 2. The minimum absolute atomic E-state index is 0.334. The van der Waals surface area contributed by atoms with Crippen LogP contribution in [0.15, 0.2) is 65.6 Å². The van der Waals surface area contributed by atoms with Gasteiger partial charge in [0.05, 0.1) is 0 Å². The summed E-state index contributed by atoms with van der Waals surface area (Å²) in [5, 5.41) is 2.34. The lowest BCUT2D eigenvalue weighted by molar-refractivity contribution is 0.100. The van der Waals surface area contributed by atoms with E-state index in [9.17, 15) is 4.79 Å². The number of hydrogen-bond acceptors (Lipinski definition) is 5. The van der Waals surface area contributed by atoms with Crippen LogP contribution in [0.4, 0.5) is 11.4 Å². The zero-order chi connectivity index (χ0) is 26.9. The maximum atomic E-state index is 11.4. The molecule has 5 rings (SSSR count). The summed E-state index contributed by atoms with van der Waals surface area (Å²) >= 11 is 1.90. The van der Waals surface area contributed by atoms with Crippen LogP contribution >= 0.6 is 11.3 Å². The molecule has 1 saturated heterocycles. The van der Waals surface area contributed by atoms with E-state index in [1.165, 1.54) is 34.5 Å². The van der Waals surface area contributed by atoms with E-state index in [-0.39, 0.29) is 5.91 Å². The van der Waals surface area contributed by atoms with E-state index in [0.717, 1.165) is 44.8 Å². The van der Waals surface area contributed by atoms with E-state index >= 15 is 0 Å². The lowest BCUT2D eigenvalue weighted by Crippen LogP contribution is -2.47. The average molecular weight is 529 g/mol. The van der Waals surface area contributed by atoms with Gasteiger partial charge in [0.25, 0.3) is 0 Å². The fourth-order valence-corrected chi connectivity index (χ4v) is 6.78. The zero-order valence-corrected chi connectivity index (χ0v) is 24.0. The Bertz CT molecular complexity index is 1310. The Hall–Kier alpha value is -3.09. The highest BCUT2D eigenvalue weighted by Gasteiger charge is 2.30. The highest BCUT2D eigenvalue weighted by atomic mass is 32.1. The average Bonchev–Trinajstić information content (AvgIpc) is 3.40. The number of carbonyl (C=O) groups is 1. The van der Waals surface area contributed by atoms with Crippen LogP contribution in [0.5, 0.6) is 0 Å². The summed E-state index contributed by atoms with van der Waals surface area (Å²) in [4.78, 5) is 20.1. The zero-order valence-electron chi connectivity index (χ0n) is 23.2. The topological polar surface area (TPSA) is 52.8 Å². The van der Waals surface area contributed by atoms with Crippen LogP contribution in [0.25, 0.3) is 16.7 Å². The number of allylic oxidation sites excluding steroid dienone is 1.